The summed E-state index contributed by atoms with van der Waals surface area (Å²) in [6.45, 7) is 5.76. The van der Waals surface area contributed by atoms with E-state index in [4.69, 9.17) is 0 Å². The Morgan fingerprint density at radius 3 is 2.85 bits per heavy atom. The van der Waals surface area contributed by atoms with Crippen molar-refractivity contribution in [2.24, 2.45) is 0 Å². The van der Waals surface area contributed by atoms with Crippen molar-refractivity contribution in [3.8, 4) is 0 Å². The Bertz CT molecular complexity index is 303. The van der Waals surface area contributed by atoms with E-state index in [1.54, 1.807) is 24.4 Å². The lowest BCUT2D eigenvalue weighted by Crippen LogP contribution is -2.04. The molecule has 0 saturated heterocycles. The van der Waals surface area contributed by atoms with Crippen LogP contribution in [0.4, 0.5) is 0 Å². The molecular weight excluding hydrogens is 162 g/mol. The molecule has 1 aromatic rings. The molecule has 1 aromatic heterocycles. The highest BCUT2D eigenvalue weighted by atomic mass is 16.1. The van der Waals surface area contributed by atoms with Gasteiger partial charge in [0.2, 0.25) is 5.78 Å². The fourth-order valence-corrected chi connectivity index (χ4v) is 1.09. The molecule has 68 valence electrons. The van der Waals surface area contributed by atoms with Crippen molar-refractivity contribution in [2.75, 3.05) is 0 Å². The van der Waals surface area contributed by atoms with E-state index in [1.807, 2.05) is 6.92 Å². The van der Waals surface area contributed by atoms with Crippen molar-refractivity contribution in [2.45, 2.75) is 19.8 Å². The number of nitrogens with zero attached hydrogens (tertiary/aromatic N) is 1. The largest absolute Gasteiger partial charge is 0.287 e. The van der Waals surface area contributed by atoms with Crippen LogP contribution in [-0.2, 0) is 0 Å². The van der Waals surface area contributed by atoms with E-state index < -0.39 is 0 Å². The van der Waals surface area contributed by atoms with Crippen LogP contribution >= 0.6 is 0 Å². The number of carbonyl (C=O) groups is 1. The van der Waals surface area contributed by atoms with E-state index in [2.05, 4.69) is 11.6 Å². The van der Waals surface area contributed by atoms with Crippen LogP contribution in [0.5, 0.6) is 0 Å². The van der Waals surface area contributed by atoms with Gasteiger partial charge in [-0.2, -0.15) is 0 Å². The van der Waals surface area contributed by atoms with Gasteiger partial charge in [-0.1, -0.05) is 26.0 Å². The summed E-state index contributed by atoms with van der Waals surface area (Å²) in [5.41, 5.74) is 1.13. The summed E-state index contributed by atoms with van der Waals surface area (Å²) < 4.78 is 0. The van der Waals surface area contributed by atoms with Crippen LogP contribution in [0.15, 0.2) is 36.5 Å². The summed E-state index contributed by atoms with van der Waals surface area (Å²) in [4.78, 5) is 15.5. The predicted molar refractivity (Wildman–Crippen MR) is 52.6 cm³/mol. The first kappa shape index (κ1) is 9.65. The molecule has 0 unspecified atom stereocenters. The molecule has 1 rings (SSSR count). The number of allylic oxidation sites excluding steroid dienone is 1. The van der Waals surface area contributed by atoms with E-state index >= 15 is 0 Å². The highest BCUT2D eigenvalue weighted by molar-refractivity contribution is 6.06. The van der Waals surface area contributed by atoms with Crippen molar-refractivity contribution in [3.05, 3.63) is 42.2 Å². The Morgan fingerprint density at radius 2 is 2.31 bits per heavy atom. The summed E-state index contributed by atoms with van der Waals surface area (Å²) in [5.74, 6) is -0.0394. The quantitative estimate of drug-likeness (QED) is 0.520. The van der Waals surface area contributed by atoms with E-state index in [1.165, 1.54) is 0 Å². The third-order valence-electron chi connectivity index (χ3n) is 1.77. The Hall–Kier alpha value is -1.44. The van der Waals surface area contributed by atoms with Crippen LogP contribution in [0.3, 0.4) is 0 Å². The monoisotopic (exact) mass is 175 g/mol. The number of Topliss-reactive ketones (excluding diaryl/α,β-unsaturated/α-hetero) is 1. The first-order valence-corrected chi connectivity index (χ1v) is 4.39. The minimum atomic E-state index is -0.0394. The van der Waals surface area contributed by atoms with Crippen LogP contribution in [-0.4, -0.2) is 10.8 Å². The van der Waals surface area contributed by atoms with Gasteiger partial charge in [-0.25, -0.2) is 0 Å². The van der Waals surface area contributed by atoms with E-state index in [-0.39, 0.29) is 5.78 Å². The van der Waals surface area contributed by atoms with E-state index in [0.29, 0.717) is 11.3 Å². The number of aromatic nitrogens is 1. The molecule has 0 N–H and O–H groups in total. The van der Waals surface area contributed by atoms with E-state index in [0.717, 1.165) is 12.8 Å². The van der Waals surface area contributed by atoms with Gasteiger partial charge in [-0.05, 0) is 24.1 Å². The highest BCUT2D eigenvalue weighted by Gasteiger charge is 2.09. The summed E-state index contributed by atoms with van der Waals surface area (Å²) in [6.07, 6.45) is 3.30. The van der Waals surface area contributed by atoms with Gasteiger partial charge in [0, 0.05) is 6.20 Å². The van der Waals surface area contributed by atoms with Crippen LogP contribution in [0.25, 0.3) is 0 Å². The highest BCUT2D eigenvalue weighted by Crippen LogP contribution is 2.08. The van der Waals surface area contributed by atoms with Gasteiger partial charge in [0.1, 0.15) is 5.69 Å². The molecule has 0 aliphatic carbocycles. The molecule has 0 spiro atoms. The van der Waals surface area contributed by atoms with Gasteiger partial charge < -0.3 is 0 Å². The average molecular weight is 175 g/mol. The molecule has 0 saturated carbocycles. The van der Waals surface area contributed by atoms with Crippen LogP contribution < -0.4 is 0 Å². The standard InChI is InChI=1S/C11H13NO/c1-3-6-9(2)11(13)10-7-4-5-8-12-10/h4-5,7-8H,2-3,6H2,1H3. The zero-order valence-corrected chi connectivity index (χ0v) is 7.79. The minimum absolute atomic E-state index is 0.0394. The third-order valence-corrected chi connectivity index (χ3v) is 1.77. The van der Waals surface area contributed by atoms with Crippen molar-refractivity contribution in [1.82, 2.24) is 4.98 Å². The Labute approximate surface area is 78.3 Å². The van der Waals surface area contributed by atoms with Gasteiger partial charge in [0.15, 0.2) is 0 Å². The van der Waals surface area contributed by atoms with Crippen LogP contribution in [0.2, 0.25) is 0 Å². The molecule has 0 amide bonds. The molecule has 13 heavy (non-hydrogen) atoms. The second kappa shape index (κ2) is 4.55. The van der Waals surface area contributed by atoms with Gasteiger partial charge >= 0.3 is 0 Å². The molecule has 0 radical (unpaired) electrons. The predicted octanol–water partition coefficient (Wildman–Crippen LogP) is 2.62. The van der Waals surface area contributed by atoms with Crippen molar-refractivity contribution in [1.29, 1.82) is 0 Å². The smallest absolute Gasteiger partial charge is 0.206 e. The topological polar surface area (TPSA) is 30.0 Å². The molecule has 0 aliphatic heterocycles. The molecule has 2 heteroatoms. The number of hydrogen-bond donors (Lipinski definition) is 0. The summed E-state index contributed by atoms with van der Waals surface area (Å²) in [5, 5.41) is 0. The van der Waals surface area contributed by atoms with Crippen molar-refractivity contribution >= 4 is 5.78 Å². The summed E-state index contributed by atoms with van der Waals surface area (Å²) >= 11 is 0. The molecule has 0 bridgehead atoms. The lowest BCUT2D eigenvalue weighted by molar-refractivity contribution is 0.102. The number of carbonyl (C=O) groups excluding carboxylic acids is 1. The Morgan fingerprint density at radius 1 is 1.54 bits per heavy atom. The third kappa shape index (κ3) is 2.51. The van der Waals surface area contributed by atoms with Gasteiger partial charge in [0.25, 0.3) is 0 Å². The molecule has 0 fully saturated rings. The maximum atomic E-state index is 11.6. The zero-order chi connectivity index (χ0) is 9.68. The molecule has 0 aromatic carbocycles. The van der Waals surface area contributed by atoms with Crippen LogP contribution in [0, 0.1) is 0 Å². The van der Waals surface area contributed by atoms with Crippen molar-refractivity contribution in [3.63, 3.8) is 0 Å². The molecule has 1 heterocycles. The van der Waals surface area contributed by atoms with E-state index in [9.17, 15) is 4.79 Å². The van der Waals surface area contributed by atoms with Crippen molar-refractivity contribution < 1.29 is 4.79 Å². The zero-order valence-electron chi connectivity index (χ0n) is 7.79. The SMILES string of the molecule is C=C(CCC)C(=O)c1ccccn1. The fraction of sp³-hybridized carbons (Fsp3) is 0.273. The Kier molecular flexibility index (Phi) is 3.38. The first-order chi connectivity index (χ1) is 6.25. The summed E-state index contributed by atoms with van der Waals surface area (Å²) in [6, 6.07) is 5.31. The maximum absolute atomic E-state index is 11.6. The molecular formula is C11H13NO. The fourth-order valence-electron chi connectivity index (χ4n) is 1.09. The number of pyridine rings is 1. The molecule has 0 atom stereocenters. The normalized spacial score (nSPS) is 9.62. The lowest BCUT2D eigenvalue weighted by Gasteiger charge is -2.01. The number of ketones is 1. The summed E-state index contributed by atoms with van der Waals surface area (Å²) in [7, 11) is 0. The molecule has 0 aliphatic rings. The van der Waals surface area contributed by atoms with Gasteiger partial charge in [-0.15, -0.1) is 0 Å². The first-order valence-electron chi connectivity index (χ1n) is 4.39. The average Bonchev–Trinajstić information content (AvgIpc) is 2.18. The second-order valence-corrected chi connectivity index (χ2v) is 2.90. The van der Waals surface area contributed by atoms with Gasteiger partial charge in [-0.3, -0.25) is 9.78 Å². The number of rotatable bonds is 4. The maximum Gasteiger partial charge on any atom is 0.206 e. The molecule has 2 nitrogen and oxygen atoms in total. The second-order valence-electron chi connectivity index (χ2n) is 2.90. The number of hydrogen-bond acceptors (Lipinski definition) is 2. The van der Waals surface area contributed by atoms with Crippen LogP contribution in [0.1, 0.15) is 30.3 Å². The minimum Gasteiger partial charge on any atom is -0.287 e. The Balaban J connectivity index is 2.74. The lowest BCUT2D eigenvalue weighted by atomic mass is 10.1. The van der Waals surface area contributed by atoms with Gasteiger partial charge in [0.05, 0.1) is 0 Å².